The molecule has 0 saturated heterocycles. The average molecular weight is 241 g/mol. The molecule has 1 aromatic rings. The Bertz CT molecular complexity index is 314. The fourth-order valence-corrected chi connectivity index (χ4v) is 1.35. The molecule has 0 fully saturated rings. The Labute approximate surface area is 102 Å². The maximum atomic E-state index is 12.6. The van der Waals surface area contributed by atoms with Gasteiger partial charge in [-0.1, -0.05) is 12.1 Å². The van der Waals surface area contributed by atoms with Gasteiger partial charge in [-0.2, -0.15) is 0 Å². The third-order valence-corrected chi connectivity index (χ3v) is 2.24. The van der Waals surface area contributed by atoms with Crippen LogP contribution in [0.3, 0.4) is 0 Å². The Kier molecular flexibility index (Phi) is 6.11. The molecule has 0 heterocycles. The molecular weight excluding hydrogens is 221 g/mol. The molecule has 0 aliphatic rings. The molecule has 4 heteroatoms. The Morgan fingerprint density at radius 1 is 1.29 bits per heavy atom. The van der Waals surface area contributed by atoms with Crippen molar-refractivity contribution in [2.24, 2.45) is 0 Å². The second-order valence-corrected chi connectivity index (χ2v) is 4.29. The zero-order chi connectivity index (χ0) is 12.7. The van der Waals surface area contributed by atoms with E-state index >= 15 is 0 Å². The van der Waals surface area contributed by atoms with Gasteiger partial charge in [-0.15, -0.1) is 0 Å². The van der Waals surface area contributed by atoms with Gasteiger partial charge < -0.3 is 15.2 Å². The van der Waals surface area contributed by atoms with Crippen molar-refractivity contribution in [1.29, 1.82) is 0 Å². The van der Waals surface area contributed by atoms with Crippen LogP contribution in [0.15, 0.2) is 24.3 Å². The van der Waals surface area contributed by atoms with E-state index < -0.39 is 6.10 Å². The van der Waals surface area contributed by atoms with Crippen molar-refractivity contribution >= 4 is 0 Å². The second kappa shape index (κ2) is 7.37. The summed E-state index contributed by atoms with van der Waals surface area (Å²) in [4.78, 5) is 0. The first-order chi connectivity index (χ1) is 8.08. The zero-order valence-electron chi connectivity index (χ0n) is 10.3. The van der Waals surface area contributed by atoms with Gasteiger partial charge in [0.05, 0.1) is 18.8 Å². The lowest BCUT2D eigenvalue weighted by Gasteiger charge is -2.14. The van der Waals surface area contributed by atoms with Crippen LogP contribution >= 0.6 is 0 Å². The third kappa shape index (κ3) is 6.36. The maximum absolute atomic E-state index is 12.6. The predicted molar refractivity (Wildman–Crippen MR) is 65.2 cm³/mol. The van der Waals surface area contributed by atoms with Gasteiger partial charge in [0.1, 0.15) is 5.82 Å². The molecule has 0 aliphatic heterocycles. The van der Waals surface area contributed by atoms with Crippen molar-refractivity contribution in [2.75, 3.05) is 13.2 Å². The molecule has 1 aromatic carbocycles. The van der Waals surface area contributed by atoms with Gasteiger partial charge in [0.25, 0.3) is 0 Å². The molecule has 0 aliphatic carbocycles. The van der Waals surface area contributed by atoms with E-state index in [2.05, 4.69) is 5.32 Å². The minimum atomic E-state index is -0.516. The van der Waals surface area contributed by atoms with Crippen molar-refractivity contribution in [2.45, 2.75) is 32.6 Å². The van der Waals surface area contributed by atoms with E-state index in [9.17, 15) is 9.50 Å². The van der Waals surface area contributed by atoms with Crippen molar-refractivity contribution in [3.8, 4) is 0 Å². The lowest BCUT2D eigenvalue weighted by Crippen LogP contribution is -2.31. The summed E-state index contributed by atoms with van der Waals surface area (Å²) >= 11 is 0. The molecule has 0 saturated carbocycles. The SMILES string of the molecule is CC(C)OCC(O)CNCc1ccc(F)cc1. The Morgan fingerprint density at radius 3 is 2.53 bits per heavy atom. The van der Waals surface area contributed by atoms with Crippen LogP contribution in [0.1, 0.15) is 19.4 Å². The fourth-order valence-electron chi connectivity index (χ4n) is 1.35. The molecule has 1 rings (SSSR count). The number of nitrogens with one attached hydrogen (secondary N) is 1. The molecule has 2 N–H and O–H groups in total. The van der Waals surface area contributed by atoms with Gasteiger partial charge in [0.15, 0.2) is 0 Å². The van der Waals surface area contributed by atoms with E-state index in [0.29, 0.717) is 19.7 Å². The van der Waals surface area contributed by atoms with Crippen LogP contribution in [-0.2, 0) is 11.3 Å². The van der Waals surface area contributed by atoms with Crippen LogP contribution in [0, 0.1) is 5.82 Å². The van der Waals surface area contributed by atoms with Crippen LogP contribution in [0.5, 0.6) is 0 Å². The molecule has 0 amide bonds. The number of hydrogen-bond acceptors (Lipinski definition) is 3. The number of ether oxygens (including phenoxy) is 1. The van der Waals surface area contributed by atoms with Crippen LogP contribution in [0.2, 0.25) is 0 Å². The number of hydrogen-bond donors (Lipinski definition) is 2. The van der Waals surface area contributed by atoms with Crippen LogP contribution < -0.4 is 5.32 Å². The molecule has 96 valence electrons. The second-order valence-electron chi connectivity index (χ2n) is 4.29. The first kappa shape index (κ1) is 14.1. The highest BCUT2D eigenvalue weighted by molar-refractivity contribution is 5.15. The fraction of sp³-hybridized carbons (Fsp3) is 0.538. The number of benzene rings is 1. The monoisotopic (exact) mass is 241 g/mol. The molecule has 0 bridgehead atoms. The molecule has 1 atom stereocenters. The first-order valence-electron chi connectivity index (χ1n) is 5.82. The van der Waals surface area contributed by atoms with E-state index in [1.54, 1.807) is 12.1 Å². The summed E-state index contributed by atoms with van der Waals surface area (Å²) in [6, 6.07) is 6.29. The van der Waals surface area contributed by atoms with Crippen molar-refractivity contribution in [3.63, 3.8) is 0 Å². The van der Waals surface area contributed by atoms with E-state index in [1.165, 1.54) is 12.1 Å². The highest BCUT2D eigenvalue weighted by atomic mass is 19.1. The van der Waals surface area contributed by atoms with E-state index in [1.807, 2.05) is 13.8 Å². The number of halogens is 1. The normalized spacial score (nSPS) is 13.0. The molecule has 1 unspecified atom stereocenters. The Balaban J connectivity index is 2.16. The number of aliphatic hydroxyl groups is 1. The van der Waals surface area contributed by atoms with Crippen molar-refractivity contribution in [1.82, 2.24) is 5.32 Å². The lowest BCUT2D eigenvalue weighted by atomic mass is 10.2. The van der Waals surface area contributed by atoms with Gasteiger partial charge in [0, 0.05) is 13.1 Å². The zero-order valence-corrected chi connectivity index (χ0v) is 10.3. The molecule has 0 spiro atoms. The highest BCUT2D eigenvalue weighted by Crippen LogP contribution is 2.02. The lowest BCUT2D eigenvalue weighted by molar-refractivity contribution is 0.00630. The maximum Gasteiger partial charge on any atom is 0.123 e. The largest absolute Gasteiger partial charge is 0.389 e. The van der Waals surface area contributed by atoms with E-state index in [0.717, 1.165) is 5.56 Å². The van der Waals surface area contributed by atoms with Gasteiger partial charge >= 0.3 is 0 Å². The Morgan fingerprint density at radius 2 is 1.94 bits per heavy atom. The molecule has 0 aromatic heterocycles. The summed E-state index contributed by atoms with van der Waals surface area (Å²) in [7, 11) is 0. The summed E-state index contributed by atoms with van der Waals surface area (Å²) in [6.45, 7) is 5.26. The molecule has 17 heavy (non-hydrogen) atoms. The smallest absolute Gasteiger partial charge is 0.123 e. The van der Waals surface area contributed by atoms with Gasteiger partial charge in [0.2, 0.25) is 0 Å². The summed E-state index contributed by atoms with van der Waals surface area (Å²) in [5.74, 6) is -0.237. The first-order valence-corrected chi connectivity index (χ1v) is 5.82. The average Bonchev–Trinajstić information content (AvgIpc) is 2.29. The highest BCUT2D eigenvalue weighted by Gasteiger charge is 2.05. The van der Waals surface area contributed by atoms with Crippen LogP contribution in [0.25, 0.3) is 0 Å². The number of aliphatic hydroxyl groups excluding tert-OH is 1. The van der Waals surface area contributed by atoms with Gasteiger partial charge in [-0.25, -0.2) is 4.39 Å². The minimum Gasteiger partial charge on any atom is -0.389 e. The molecule has 0 radical (unpaired) electrons. The van der Waals surface area contributed by atoms with Crippen molar-refractivity contribution in [3.05, 3.63) is 35.6 Å². The standard InChI is InChI=1S/C13H20FNO2/c1-10(2)17-9-13(16)8-15-7-11-3-5-12(14)6-4-11/h3-6,10,13,15-16H,7-9H2,1-2H3. The molecular formula is C13H20FNO2. The van der Waals surface area contributed by atoms with Gasteiger partial charge in [-0.3, -0.25) is 0 Å². The minimum absolute atomic E-state index is 0.127. The summed E-state index contributed by atoms with van der Waals surface area (Å²) in [6.07, 6.45) is -0.389. The van der Waals surface area contributed by atoms with Crippen LogP contribution in [-0.4, -0.2) is 30.5 Å². The van der Waals surface area contributed by atoms with E-state index in [-0.39, 0.29) is 11.9 Å². The summed E-state index contributed by atoms with van der Waals surface area (Å²) < 4.78 is 17.9. The summed E-state index contributed by atoms with van der Waals surface area (Å²) in [5, 5.41) is 12.7. The van der Waals surface area contributed by atoms with Gasteiger partial charge in [-0.05, 0) is 31.5 Å². The number of rotatable bonds is 7. The predicted octanol–water partition coefficient (Wildman–Crippen LogP) is 1.70. The summed E-state index contributed by atoms with van der Waals surface area (Å²) in [5.41, 5.74) is 0.989. The third-order valence-electron chi connectivity index (χ3n) is 2.24. The van der Waals surface area contributed by atoms with Crippen molar-refractivity contribution < 1.29 is 14.2 Å². The Hall–Kier alpha value is -0.970. The molecule has 3 nitrogen and oxygen atoms in total. The van der Waals surface area contributed by atoms with E-state index in [4.69, 9.17) is 4.74 Å². The van der Waals surface area contributed by atoms with Crippen LogP contribution in [0.4, 0.5) is 4.39 Å². The quantitative estimate of drug-likeness (QED) is 0.763. The topological polar surface area (TPSA) is 41.5 Å².